The van der Waals surface area contributed by atoms with Crippen LogP contribution in [-0.4, -0.2) is 45.3 Å². The molecule has 7 nitrogen and oxygen atoms in total. The molecular formula is C20H28IN5O2S. The van der Waals surface area contributed by atoms with Gasteiger partial charge in [0.1, 0.15) is 0 Å². The van der Waals surface area contributed by atoms with Crippen molar-refractivity contribution in [2.45, 2.75) is 25.4 Å². The molecule has 1 aromatic heterocycles. The number of methoxy groups -OCH3 is 1. The highest BCUT2D eigenvalue weighted by Crippen LogP contribution is 2.24. The summed E-state index contributed by atoms with van der Waals surface area (Å²) >= 11 is 1.80. The van der Waals surface area contributed by atoms with Crippen LogP contribution in [0.5, 0.6) is 0 Å². The number of hydrogen-bond donors (Lipinski definition) is 3. The number of thiophene rings is 1. The SMILES string of the molecule is CN=C(NCc1ccc(NC(=O)OC)cc1)NC1CCN(c2cccs2)CC1.I. The molecule has 0 unspecified atom stereocenters. The standard InChI is InChI=1S/C20H27N5O2S.HI/c1-21-19(22-14-15-5-7-16(8-6-15)24-20(26)27-2)23-17-9-11-25(12-10-17)18-4-3-13-28-18;/h3-8,13,17H,9-12,14H2,1-2H3,(H,24,26)(H2,21,22,23);1H. The van der Waals surface area contributed by atoms with Crippen LogP contribution in [0.25, 0.3) is 0 Å². The van der Waals surface area contributed by atoms with E-state index in [9.17, 15) is 4.79 Å². The molecular weight excluding hydrogens is 501 g/mol. The summed E-state index contributed by atoms with van der Waals surface area (Å²) in [6.07, 6.45) is 1.71. The van der Waals surface area contributed by atoms with Crippen LogP contribution in [0.4, 0.5) is 15.5 Å². The minimum Gasteiger partial charge on any atom is -0.453 e. The van der Waals surface area contributed by atoms with Gasteiger partial charge in [0.15, 0.2) is 5.96 Å². The molecule has 3 rings (SSSR count). The molecule has 29 heavy (non-hydrogen) atoms. The second kappa shape index (κ2) is 11.9. The number of piperidine rings is 1. The maximum Gasteiger partial charge on any atom is 0.411 e. The lowest BCUT2D eigenvalue weighted by atomic mass is 10.1. The summed E-state index contributed by atoms with van der Waals surface area (Å²) in [5.41, 5.74) is 1.81. The van der Waals surface area contributed by atoms with Gasteiger partial charge in [-0.05, 0) is 48.1 Å². The van der Waals surface area contributed by atoms with Gasteiger partial charge in [0.05, 0.1) is 12.1 Å². The fourth-order valence-corrected chi connectivity index (χ4v) is 3.93. The third kappa shape index (κ3) is 7.07. The molecule has 0 bridgehead atoms. The maximum atomic E-state index is 11.2. The molecule has 0 aliphatic carbocycles. The number of amides is 1. The van der Waals surface area contributed by atoms with Crippen molar-refractivity contribution < 1.29 is 9.53 Å². The number of hydrogen-bond acceptors (Lipinski definition) is 5. The maximum absolute atomic E-state index is 11.2. The van der Waals surface area contributed by atoms with Gasteiger partial charge in [-0.15, -0.1) is 35.3 Å². The zero-order chi connectivity index (χ0) is 19.8. The summed E-state index contributed by atoms with van der Waals surface area (Å²) in [6.45, 7) is 2.78. The van der Waals surface area contributed by atoms with Crippen LogP contribution >= 0.6 is 35.3 Å². The normalized spacial score (nSPS) is 14.7. The fourth-order valence-electron chi connectivity index (χ4n) is 3.14. The van der Waals surface area contributed by atoms with Crippen LogP contribution in [-0.2, 0) is 11.3 Å². The van der Waals surface area contributed by atoms with E-state index in [-0.39, 0.29) is 24.0 Å². The van der Waals surface area contributed by atoms with E-state index in [0.29, 0.717) is 18.3 Å². The van der Waals surface area contributed by atoms with Gasteiger partial charge in [0.25, 0.3) is 0 Å². The Kier molecular flexibility index (Phi) is 9.52. The minimum atomic E-state index is -0.472. The summed E-state index contributed by atoms with van der Waals surface area (Å²) in [6, 6.07) is 12.3. The molecule has 0 radical (unpaired) electrons. The van der Waals surface area contributed by atoms with Crippen LogP contribution in [0.2, 0.25) is 0 Å². The lowest BCUT2D eigenvalue weighted by Gasteiger charge is -2.33. The molecule has 2 aromatic rings. The number of carbonyl (C=O) groups excluding carboxylic acids is 1. The predicted octanol–water partition coefficient (Wildman–Crippen LogP) is 3.88. The van der Waals surface area contributed by atoms with E-state index in [2.05, 4.69) is 48.1 Å². The molecule has 2 heterocycles. The average Bonchev–Trinajstić information content (AvgIpc) is 3.27. The van der Waals surface area contributed by atoms with Gasteiger partial charge < -0.3 is 20.3 Å². The smallest absolute Gasteiger partial charge is 0.411 e. The Bertz CT molecular complexity index is 775. The lowest BCUT2D eigenvalue weighted by Crippen LogP contribution is -2.48. The molecule has 3 N–H and O–H groups in total. The Morgan fingerprint density at radius 3 is 2.55 bits per heavy atom. The summed E-state index contributed by atoms with van der Waals surface area (Å²) in [5.74, 6) is 0.811. The summed E-state index contributed by atoms with van der Waals surface area (Å²) in [4.78, 5) is 18.0. The molecule has 0 spiro atoms. The van der Waals surface area contributed by atoms with E-state index in [1.165, 1.54) is 12.1 Å². The van der Waals surface area contributed by atoms with Crippen LogP contribution in [0.15, 0.2) is 46.8 Å². The van der Waals surface area contributed by atoms with Crippen LogP contribution < -0.4 is 20.9 Å². The Labute approximate surface area is 192 Å². The Hall–Kier alpha value is -2.01. The molecule has 1 saturated heterocycles. The molecule has 1 aliphatic rings. The molecule has 1 fully saturated rings. The van der Waals surface area contributed by atoms with Crippen molar-refractivity contribution in [3.8, 4) is 0 Å². The van der Waals surface area contributed by atoms with E-state index in [1.54, 1.807) is 18.4 Å². The first-order valence-corrected chi connectivity index (χ1v) is 10.3. The summed E-state index contributed by atoms with van der Waals surface area (Å²) < 4.78 is 4.59. The Morgan fingerprint density at radius 1 is 1.24 bits per heavy atom. The quantitative estimate of drug-likeness (QED) is 0.312. The van der Waals surface area contributed by atoms with Crippen molar-refractivity contribution in [2.24, 2.45) is 4.99 Å². The fraction of sp³-hybridized carbons (Fsp3) is 0.400. The van der Waals surface area contributed by atoms with Gasteiger partial charge in [-0.25, -0.2) is 4.79 Å². The van der Waals surface area contributed by atoms with E-state index in [1.807, 2.05) is 24.3 Å². The zero-order valence-corrected chi connectivity index (χ0v) is 19.8. The van der Waals surface area contributed by atoms with Gasteiger partial charge in [-0.3, -0.25) is 10.3 Å². The average molecular weight is 529 g/mol. The van der Waals surface area contributed by atoms with Crippen molar-refractivity contribution in [2.75, 3.05) is 37.5 Å². The van der Waals surface area contributed by atoms with Gasteiger partial charge in [-0.2, -0.15) is 0 Å². The molecule has 0 saturated carbocycles. The van der Waals surface area contributed by atoms with Crippen LogP contribution in [0.1, 0.15) is 18.4 Å². The van der Waals surface area contributed by atoms with E-state index in [0.717, 1.165) is 37.5 Å². The van der Waals surface area contributed by atoms with Gasteiger partial charge in [0.2, 0.25) is 0 Å². The second-order valence-electron chi connectivity index (χ2n) is 6.60. The molecule has 9 heteroatoms. The van der Waals surface area contributed by atoms with Crippen molar-refractivity contribution in [1.29, 1.82) is 0 Å². The van der Waals surface area contributed by atoms with Crippen molar-refractivity contribution in [1.82, 2.24) is 10.6 Å². The minimum absolute atomic E-state index is 0. The monoisotopic (exact) mass is 529 g/mol. The lowest BCUT2D eigenvalue weighted by molar-refractivity contribution is 0.187. The Balaban J connectivity index is 0.00000300. The highest BCUT2D eigenvalue weighted by atomic mass is 127. The number of carbonyl (C=O) groups is 1. The number of rotatable bonds is 5. The Morgan fingerprint density at radius 2 is 1.97 bits per heavy atom. The molecule has 1 amide bonds. The number of nitrogens with zero attached hydrogens (tertiary/aromatic N) is 2. The number of halogens is 1. The van der Waals surface area contributed by atoms with E-state index in [4.69, 9.17) is 0 Å². The van der Waals surface area contributed by atoms with Gasteiger partial charge in [-0.1, -0.05) is 12.1 Å². The highest BCUT2D eigenvalue weighted by Gasteiger charge is 2.20. The first kappa shape index (κ1) is 23.3. The topological polar surface area (TPSA) is 78.0 Å². The van der Waals surface area contributed by atoms with Crippen LogP contribution in [0.3, 0.4) is 0 Å². The summed E-state index contributed by atoms with van der Waals surface area (Å²) in [7, 11) is 3.14. The number of guanidine groups is 1. The van der Waals surface area contributed by atoms with Gasteiger partial charge >= 0.3 is 6.09 Å². The van der Waals surface area contributed by atoms with E-state index < -0.39 is 6.09 Å². The first-order valence-electron chi connectivity index (χ1n) is 9.37. The predicted molar refractivity (Wildman–Crippen MR) is 131 cm³/mol. The molecule has 1 aromatic carbocycles. The summed E-state index contributed by atoms with van der Waals surface area (Å²) in [5, 5.41) is 13.0. The van der Waals surface area contributed by atoms with Crippen molar-refractivity contribution in [3.63, 3.8) is 0 Å². The van der Waals surface area contributed by atoms with Crippen molar-refractivity contribution in [3.05, 3.63) is 47.3 Å². The number of ether oxygens (including phenoxy) is 1. The third-order valence-electron chi connectivity index (χ3n) is 4.72. The number of anilines is 2. The largest absolute Gasteiger partial charge is 0.453 e. The van der Waals surface area contributed by atoms with E-state index >= 15 is 0 Å². The third-order valence-corrected chi connectivity index (χ3v) is 5.65. The molecule has 158 valence electrons. The second-order valence-corrected chi connectivity index (χ2v) is 7.52. The highest BCUT2D eigenvalue weighted by molar-refractivity contribution is 14.0. The first-order chi connectivity index (χ1) is 13.7. The van der Waals surface area contributed by atoms with Crippen LogP contribution in [0, 0.1) is 0 Å². The number of aliphatic imine (C=N–C) groups is 1. The molecule has 1 aliphatic heterocycles. The van der Waals surface area contributed by atoms with Gasteiger partial charge in [0, 0.05) is 38.4 Å². The number of nitrogens with one attached hydrogen (secondary N) is 3. The zero-order valence-electron chi connectivity index (χ0n) is 16.7. The van der Waals surface area contributed by atoms with Crippen molar-refractivity contribution >= 4 is 58.1 Å². The number of benzene rings is 1. The molecule has 0 atom stereocenters.